The molecule has 6 heteroatoms. The van der Waals surface area contributed by atoms with Gasteiger partial charge in [-0.3, -0.25) is 9.69 Å². The van der Waals surface area contributed by atoms with Gasteiger partial charge in [0, 0.05) is 25.5 Å². The zero-order valence-electron chi connectivity index (χ0n) is 18.0. The Morgan fingerprint density at radius 2 is 1.84 bits per heavy atom. The molecule has 4 rings (SSSR count). The van der Waals surface area contributed by atoms with Crippen LogP contribution < -0.4 is 5.32 Å². The maximum Gasteiger partial charge on any atom is 0.242 e. The van der Waals surface area contributed by atoms with Crippen LogP contribution in [0.4, 0.5) is 4.39 Å². The van der Waals surface area contributed by atoms with Crippen molar-refractivity contribution in [1.82, 2.24) is 19.8 Å². The quantitative estimate of drug-likeness (QED) is 0.644. The molecule has 162 valence electrons. The Labute approximate surface area is 182 Å². The van der Waals surface area contributed by atoms with E-state index in [0.29, 0.717) is 11.9 Å². The van der Waals surface area contributed by atoms with Crippen LogP contribution in [0.2, 0.25) is 0 Å². The highest BCUT2D eigenvalue weighted by Crippen LogP contribution is 2.30. The lowest BCUT2D eigenvalue weighted by molar-refractivity contribution is -0.128. The smallest absolute Gasteiger partial charge is 0.242 e. The van der Waals surface area contributed by atoms with Gasteiger partial charge in [-0.15, -0.1) is 0 Å². The minimum Gasteiger partial charge on any atom is -0.340 e. The van der Waals surface area contributed by atoms with Crippen molar-refractivity contribution in [2.75, 3.05) is 6.54 Å². The number of benzene rings is 2. The number of amides is 1. The van der Waals surface area contributed by atoms with Crippen molar-refractivity contribution < 1.29 is 9.18 Å². The van der Waals surface area contributed by atoms with Gasteiger partial charge in [0.15, 0.2) is 0 Å². The molecule has 1 fully saturated rings. The fourth-order valence-corrected chi connectivity index (χ4v) is 4.46. The van der Waals surface area contributed by atoms with Crippen LogP contribution >= 0.6 is 0 Å². The van der Waals surface area contributed by atoms with Crippen molar-refractivity contribution in [1.29, 1.82) is 0 Å². The summed E-state index contributed by atoms with van der Waals surface area (Å²) in [4.78, 5) is 20.6. The van der Waals surface area contributed by atoms with Crippen LogP contribution in [0.25, 0.3) is 0 Å². The van der Waals surface area contributed by atoms with Crippen molar-refractivity contribution in [3.05, 3.63) is 89.8 Å². The molecule has 1 aliphatic heterocycles. The number of likely N-dealkylation sites (tertiary alicyclic amines) is 1. The van der Waals surface area contributed by atoms with Gasteiger partial charge in [0.2, 0.25) is 5.91 Å². The molecule has 1 saturated heterocycles. The number of carbonyl (C=O) groups excluding carboxylic acids is 1. The van der Waals surface area contributed by atoms with E-state index in [2.05, 4.69) is 22.1 Å². The number of hydrogen-bond acceptors (Lipinski definition) is 3. The van der Waals surface area contributed by atoms with E-state index in [-0.39, 0.29) is 17.8 Å². The van der Waals surface area contributed by atoms with Gasteiger partial charge in [0.05, 0.1) is 0 Å². The van der Waals surface area contributed by atoms with E-state index in [4.69, 9.17) is 0 Å². The van der Waals surface area contributed by atoms with Crippen molar-refractivity contribution in [3.63, 3.8) is 0 Å². The minimum absolute atomic E-state index is 0.0720. The lowest BCUT2D eigenvalue weighted by atomic mass is 9.96. The molecule has 2 heterocycles. The van der Waals surface area contributed by atoms with E-state index in [1.807, 2.05) is 48.1 Å². The maximum atomic E-state index is 13.8. The second kappa shape index (κ2) is 9.43. The molecule has 1 aliphatic rings. The molecular weight excluding hydrogens is 391 g/mol. The SMILES string of the molecule is C[C@@H]1CCCCN1[C@H](C(=O)N[C@@H](c1ccc(F)cc1)c1nccn1C)c1ccccc1. The summed E-state index contributed by atoms with van der Waals surface area (Å²) < 4.78 is 15.4. The highest BCUT2D eigenvalue weighted by atomic mass is 19.1. The summed E-state index contributed by atoms with van der Waals surface area (Å²) in [6, 6.07) is 15.6. The van der Waals surface area contributed by atoms with Gasteiger partial charge in [-0.1, -0.05) is 48.9 Å². The summed E-state index contributed by atoms with van der Waals surface area (Å²) in [6.45, 7) is 3.08. The van der Waals surface area contributed by atoms with Crippen LogP contribution in [-0.4, -0.2) is 32.9 Å². The largest absolute Gasteiger partial charge is 0.340 e. The third kappa shape index (κ3) is 4.69. The number of aromatic nitrogens is 2. The van der Waals surface area contributed by atoms with Crippen molar-refractivity contribution in [2.45, 2.75) is 44.3 Å². The number of piperidine rings is 1. The molecule has 1 amide bonds. The van der Waals surface area contributed by atoms with E-state index in [1.165, 1.54) is 18.6 Å². The summed E-state index contributed by atoms with van der Waals surface area (Å²) in [5, 5.41) is 3.23. The molecule has 0 saturated carbocycles. The molecule has 5 nitrogen and oxygen atoms in total. The first-order valence-electron chi connectivity index (χ1n) is 10.9. The number of imidazole rings is 1. The highest BCUT2D eigenvalue weighted by Gasteiger charge is 2.34. The summed E-state index contributed by atoms with van der Waals surface area (Å²) in [5.41, 5.74) is 1.77. The van der Waals surface area contributed by atoms with Crippen LogP contribution in [-0.2, 0) is 11.8 Å². The third-order valence-corrected chi connectivity index (χ3v) is 6.16. The number of nitrogens with one attached hydrogen (secondary N) is 1. The zero-order chi connectivity index (χ0) is 21.8. The molecule has 1 aromatic heterocycles. The monoisotopic (exact) mass is 420 g/mol. The molecule has 0 bridgehead atoms. The minimum atomic E-state index is -0.473. The van der Waals surface area contributed by atoms with E-state index in [1.54, 1.807) is 18.3 Å². The van der Waals surface area contributed by atoms with E-state index in [9.17, 15) is 9.18 Å². The second-order valence-electron chi connectivity index (χ2n) is 8.29. The molecular formula is C25H29FN4O. The third-order valence-electron chi connectivity index (χ3n) is 6.16. The maximum absolute atomic E-state index is 13.8. The molecule has 0 radical (unpaired) electrons. The molecule has 3 aromatic rings. The Morgan fingerprint density at radius 1 is 1.10 bits per heavy atom. The van der Waals surface area contributed by atoms with Crippen LogP contribution in [0.3, 0.4) is 0 Å². The molecule has 3 atom stereocenters. The van der Waals surface area contributed by atoms with E-state index in [0.717, 1.165) is 30.5 Å². The topological polar surface area (TPSA) is 50.2 Å². The van der Waals surface area contributed by atoms with Gasteiger partial charge in [-0.25, -0.2) is 9.37 Å². The van der Waals surface area contributed by atoms with Gasteiger partial charge in [-0.2, -0.15) is 0 Å². The average molecular weight is 421 g/mol. The number of halogens is 1. The molecule has 2 aromatic carbocycles. The van der Waals surface area contributed by atoms with Crippen LogP contribution in [0.15, 0.2) is 67.0 Å². The first-order valence-corrected chi connectivity index (χ1v) is 10.9. The average Bonchev–Trinajstić information content (AvgIpc) is 3.21. The molecule has 0 aliphatic carbocycles. The standard InChI is InChI=1S/C25H29FN4O/c1-18-8-6-7-16-30(18)23(20-9-4-3-5-10-20)25(31)28-22(24-27-15-17-29(24)2)19-11-13-21(26)14-12-19/h3-5,9-15,17-18,22-23H,6-8,16H2,1-2H3,(H,28,31)/t18-,22+,23+/m1/s1. The van der Waals surface area contributed by atoms with Crippen LogP contribution in [0, 0.1) is 5.82 Å². The Morgan fingerprint density at radius 3 is 2.48 bits per heavy atom. The molecule has 0 spiro atoms. The first kappa shape index (κ1) is 21.2. The van der Waals surface area contributed by atoms with Crippen molar-refractivity contribution in [2.24, 2.45) is 7.05 Å². The predicted octanol–water partition coefficient (Wildman–Crippen LogP) is 4.38. The zero-order valence-corrected chi connectivity index (χ0v) is 18.0. The normalized spacial score (nSPS) is 19.0. The summed E-state index contributed by atoms with van der Waals surface area (Å²) in [6.07, 6.45) is 6.91. The van der Waals surface area contributed by atoms with Crippen molar-refractivity contribution >= 4 is 5.91 Å². The molecule has 1 N–H and O–H groups in total. The number of hydrogen-bond donors (Lipinski definition) is 1. The van der Waals surface area contributed by atoms with Gasteiger partial charge in [-0.05, 0) is 49.6 Å². The van der Waals surface area contributed by atoms with Gasteiger partial charge in [0.1, 0.15) is 23.7 Å². The van der Waals surface area contributed by atoms with Gasteiger partial charge in [0.25, 0.3) is 0 Å². The summed E-state index contributed by atoms with van der Waals surface area (Å²) in [5.74, 6) is 0.328. The first-order chi connectivity index (χ1) is 15.0. The Kier molecular flexibility index (Phi) is 6.47. The number of aryl methyl sites for hydroxylation is 1. The predicted molar refractivity (Wildman–Crippen MR) is 119 cm³/mol. The number of nitrogens with zero attached hydrogens (tertiary/aromatic N) is 3. The van der Waals surface area contributed by atoms with Gasteiger partial charge < -0.3 is 9.88 Å². The highest BCUT2D eigenvalue weighted by molar-refractivity contribution is 5.84. The fourth-order valence-electron chi connectivity index (χ4n) is 4.46. The lowest BCUT2D eigenvalue weighted by Gasteiger charge is -2.39. The lowest BCUT2D eigenvalue weighted by Crippen LogP contribution is -2.47. The van der Waals surface area contributed by atoms with Crippen LogP contribution in [0.5, 0.6) is 0 Å². The summed E-state index contributed by atoms with van der Waals surface area (Å²) in [7, 11) is 1.90. The Hall–Kier alpha value is -2.99. The number of rotatable bonds is 6. The molecule has 0 unspecified atom stereocenters. The van der Waals surface area contributed by atoms with Crippen LogP contribution in [0.1, 0.15) is 55.2 Å². The fraction of sp³-hybridized carbons (Fsp3) is 0.360. The Balaban J connectivity index is 1.69. The summed E-state index contributed by atoms with van der Waals surface area (Å²) >= 11 is 0. The van der Waals surface area contributed by atoms with E-state index >= 15 is 0 Å². The second-order valence-corrected chi connectivity index (χ2v) is 8.29. The van der Waals surface area contributed by atoms with Gasteiger partial charge >= 0.3 is 0 Å². The van der Waals surface area contributed by atoms with E-state index < -0.39 is 6.04 Å². The molecule has 31 heavy (non-hydrogen) atoms. The number of carbonyl (C=O) groups is 1. The van der Waals surface area contributed by atoms with Crippen molar-refractivity contribution in [3.8, 4) is 0 Å². The Bertz CT molecular complexity index is 1000.